The Morgan fingerprint density at radius 1 is 1.47 bits per heavy atom. The van der Waals surface area contributed by atoms with Gasteiger partial charge in [0.2, 0.25) is 0 Å². The highest BCUT2D eigenvalue weighted by molar-refractivity contribution is 7.99. The van der Waals surface area contributed by atoms with E-state index >= 15 is 0 Å². The molecule has 2 nitrogen and oxygen atoms in total. The molecule has 0 saturated carbocycles. The van der Waals surface area contributed by atoms with Gasteiger partial charge in [0.05, 0.1) is 0 Å². The predicted molar refractivity (Wildman–Crippen MR) is 77.1 cm³/mol. The highest BCUT2D eigenvalue weighted by Gasteiger charge is 2.11. The molecule has 0 saturated heterocycles. The molecule has 1 aromatic carbocycles. The Labute approximate surface area is 109 Å². The Balaban J connectivity index is 2.05. The van der Waals surface area contributed by atoms with E-state index in [4.69, 9.17) is 0 Å². The summed E-state index contributed by atoms with van der Waals surface area (Å²) in [6, 6.07) is 6.88. The second-order valence-corrected chi connectivity index (χ2v) is 5.78. The number of hydrogen-bond acceptors (Lipinski definition) is 3. The van der Waals surface area contributed by atoms with Crippen molar-refractivity contribution in [3.63, 3.8) is 0 Å². The number of anilines is 1. The lowest BCUT2D eigenvalue weighted by Crippen LogP contribution is -2.20. The molecule has 0 aliphatic carbocycles. The van der Waals surface area contributed by atoms with Crippen LogP contribution in [0.1, 0.15) is 18.9 Å². The summed E-state index contributed by atoms with van der Waals surface area (Å²) in [4.78, 5) is 1.42. The van der Waals surface area contributed by atoms with Gasteiger partial charge in [-0.25, -0.2) is 0 Å². The summed E-state index contributed by atoms with van der Waals surface area (Å²) in [7, 11) is 2.04. The molecule has 1 unspecified atom stereocenters. The van der Waals surface area contributed by atoms with Crippen LogP contribution in [-0.2, 0) is 6.42 Å². The standard InChI is InChI=1S/C14H22N2S/c1-3-11(10-15-2)8-12-4-5-13-14(9-12)17-7-6-16-13/h4-5,9,11,15-16H,3,6-8,10H2,1-2H3. The van der Waals surface area contributed by atoms with Crippen LogP contribution in [0.3, 0.4) is 0 Å². The fourth-order valence-corrected chi connectivity index (χ4v) is 3.24. The van der Waals surface area contributed by atoms with Crippen LogP contribution in [0.15, 0.2) is 23.1 Å². The van der Waals surface area contributed by atoms with Gasteiger partial charge < -0.3 is 10.6 Å². The van der Waals surface area contributed by atoms with Gasteiger partial charge >= 0.3 is 0 Å². The van der Waals surface area contributed by atoms with Crippen molar-refractivity contribution < 1.29 is 0 Å². The Hall–Kier alpha value is -0.670. The van der Waals surface area contributed by atoms with Crippen LogP contribution in [0.5, 0.6) is 0 Å². The third kappa shape index (κ3) is 3.39. The summed E-state index contributed by atoms with van der Waals surface area (Å²) in [5.74, 6) is 1.93. The summed E-state index contributed by atoms with van der Waals surface area (Å²) >= 11 is 1.97. The molecule has 0 bridgehead atoms. The molecule has 2 N–H and O–H groups in total. The van der Waals surface area contributed by atoms with E-state index in [-0.39, 0.29) is 0 Å². The van der Waals surface area contributed by atoms with E-state index in [9.17, 15) is 0 Å². The van der Waals surface area contributed by atoms with E-state index in [1.165, 1.54) is 34.7 Å². The van der Waals surface area contributed by atoms with Crippen molar-refractivity contribution in [1.82, 2.24) is 5.32 Å². The van der Waals surface area contributed by atoms with Gasteiger partial charge in [-0.2, -0.15) is 0 Å². The van der Waals surface area contributed by atoms with Gasteiger partial charge in [-0.3, -0.25) is 0 Å². The third-order valence-corrected chi connectivity index (χ3v) is 4.37. The molecular formula is C14H22N2S. The summed E-state index contributed by atoms with van der Waals surface area (Å²) < 4.78 is 0. The van der Waals surface area contributed by atoms with Crippen LogP contribution < -0.4 is 10.6 Å². The van der Waals surface area contributed by atoms with Gasteiger partial charge in [-0.15, -0.1) is 11.8 Å². The average Bonchev–Trinajstić information content (AvgIpc) is 2.38. The minimum atomic E-state index is 0.750. The molecule has 1 heterocycles. The molecule has 0 aromatic heterocycles. The van der Waals surface area contributed by atoms with Crippen molar-refractivity contribution in [3.8, 4) is 0 Å². The molecule has 0 amide bonds. The fraction of sp³-hybridized carbons (Fsp3) is 0.571. The van der Waals surface area contributed by atoms with Crippen LogP contribution in [-0.4, -0.2) is 25.9 Å². The maximum atomic E-state index is 3.45. The first-order valence-corrected chi connectivity index (χ1v) is 7.46. The van der Waals surface area contributed by atoms with Crippen LogP contribution in [0.4, 0.5) is 5.69 Å². The normalized spacial score (nSPS) is 16.1. The van der Waals surface area contributed by atoms with Crippen molar-refractivity contribution in [1.29, 1.82) is 0 Å². The van der Waals surface area contributed by atoms with Crippen LogP contribution in [0.2, 0.25) is 0 Å². The molecule has 1 aliphatic heterocycles. The van der Waals surface area contributed by atoms with Gasteiger partial charge in [0.1, 0.15) is 0 Å². The maximum absolute atomic E-state index is 3.45. The molecule has 1 aliphatic rings. The zero-order valence-corrected chi connectivity index (χ0v) is 11.6. The SMILES string of the molecule is CCC(CNC)Cc1ccc2c(c1)SCCN2. The van der Waals surface area contributed by atoms with E-state index in [0.29, 0.717) is 0 Å². The Morgan fingerprint density at radius 2 is 2.35 bits per heavy atom. The second kappa shape index (κ2) is 6.31. The lowest BCUT2D eigenvalue weighted by atomic mass is 9.97. The molecule has 3 heteroatoms. The number of thioether (sulfide) groups is 1. The van der Waals surface area contributed by atoms with Gasteiger partial charge in [-0.1, -0.05) is 19.4 Å². The number of benzene rings is 1. The molecule has 94 valence electrons. The number of fused-ring (bicyclic) bond motifs is 1. The first kappa shape index (κ1) is 12.8. The van der Waals surface area contributed by atoms with Crippen molar-refractivity contribution in [2.75, 3.05) is 31.2 Å². The zero-order valence-electron chi connectivity index (χ0n) is 10.8. The van der Waals surface area contributed by atoms with E-state index in [1.54, 1.807) is 0 Å². The molecule has 0 spiro atoms. The molecule has 1 atom stereocenters. The maximum Gasteiger partial charge on any atom is 0.0478 e. The van der Waals surface area contributed by atoms with Crippen molar-refractivity contribution in [3.05, 3.63) is 23.8 Å². The Morgan fingerprint density at radius 3 is 3.12 bits per heavy atom. The Bertz CT molecular complexity index is 365. The highest BCUT2D eigenvalue weighted by Crippen LogP contribution is 2.32. The van der Waals surface area contributed by atoms with Gasteiger partial charge in [-0.05, 0) is 43.6 Å². The van der Waals surface area contributed by atoms with Crippen LogP contribution in [0.25, 0.3) is 0 Å². The molecule has 1 aromatic rings. The third-order valence-electron chi connectivity index (χ3n) is 3.32. The topological polar surface area (TPSA) is 24.1 Å². The largest absolute Gasteiger partial charge is 0.383 e. The quantitative estimate of drug-likeness (QED) is 0.840. The fourth-order valence-electron chi connectivity index (χ4n) is 2.29. The van der Waals surface area contributed by atoms with Gasteiger partial charge in [0.25, 0.3) is 0 Å². The molecule has 0 radical (unpaired) electrons. The van der Waals surface area contributed by atoms with Crippen molar-refractivity contribution in [2.45, 2.75) is 24.7 Å². The molecule has 2 rings (SSSR count). The average molecular weight is 250 g/mol. The van der Waals surface area contributed by atoms with Gasteiger partial charge in [0, 0.05) is 22.9 Å². The lowest BCUT2D eigenvalue weighted by Gasteiger charge is -2.20. The van der Waals surface area contributed by atoms with E-state index < -0.39 is 0 Å². The van der Waals surface area contributed by atoms with Gasteiger partial charge in [0.15, 0.2) is 0 Å². The monoisotopic (exact) mass is 250 g/mol. The molecular weight excluding hydrogens is 228 g/mol. The van der Waals surface area contributed by atoms with Crippen molar-refractivity contribution >= 4 is 17.4 Å². The predicted octanol–water partition coefficient (Wildman–Crippen LogP) is 2.99. The number of nitrogens with one attached hydrogen (secondary N) is 2. The smallest absolute Gasteiger partial charge is 0.0478 e. The molecule has 17 heavy (non-hydrogen) atoms. The van der Waals surface area contributed by atoms with E-state index in [2.05, 4.69) is 35.8 Å². The summed E-state index contributed by atoms with van der Waals surface area (Å²) in [6.45, 7) is 4.48. The first-order valence-electron chi connectivity index (χ1n) is 6.47. The van der Waals surface area contributed by atoms with Crippen LogP contribution >= 0.6 is 11.8 Å². The summed E-state index contributed by atoms with van der Waals surface area (Å²) in [6.07, 6.45) is 2.43. The Kier molecular flexibility index (Phi) is 4.75. The summed E-state index contributed by atoms with van der Waals surface area (Å²) in [5, 5.41) is 6.73. The highest BCUT2D eigenvalue weighted by atomic mass is 32.2. The lowest BCUT2D eigenvalue weighted by molar-refractivity contribution is 0.481. The summed E-state index contributed by atoms with van der Waals surface area (Å²) in [5.41, 5.74) is 2.79. The van der Waals surface area contributed by atoms with Crippen molar-refractivity contribution in [2.24, 2.45) is 5.92 Å². The number of rotatable bonds is 5. The van der Waals surface area contributed by atoms with Crippen LogP contribution in [0, 0.1) is 5.92 Å². The zero-order chi connectivity index (χ0) is 12.1. The van der Waals surface area contributed by atoms with E-state index in [1.807, 2.05) is 18.8 Å². The van der Waals surface area contributed by atoms with E-state index in [0.717, 1.165) is 19.0 Å². The molecule has 0 fully saturated rings. The first-order chi connectivity index (χ1) is 8.33. The minimum absolute atomic E-state index is 0.750. The minimum Gasteiger partial charge on any atom is -0.383 e. The second-order valence-electron chi connectivity index (χ2n) is 4.64. The number of hydrogen-bond donors (Lipinski definition) is 2.